The summed E-state index contributed by atoms with van der Waals surface area (Å²) in [5.74, 6) is 0. The summed E-state index contributed by atoms with van der Waals surface area (Å²) in [5, 5.41) is 2.65. The standard InChI is InChI=1S/C84H98BN3S/c1-76(2,3)51-25-30-54(31-26-51)86(55-32-27-52(28-33-55)77(4,5)6)57-45-71-74-72(46-57)88(68-24-22-23-59-58-35-29-53(78(7,8)9)43-73(58)89-75(59)68)70-50-65-63(82(16,17)40-42-84(65,20)21)48-67(70)85(74)66-47-62-64(83(18,19)41-39-81(62,14)15)49-69(66)87(71)56-34-36-60-61(44-56)80(12,13)38-37-79(60,10)11/h22-36,43-50H,37-42H2,1-21H3. The Kier molecular flexibility index (Phi) is 13.1. The van der Waals surface area contributed by atoms with E-state index in [1.165, 1.54) is 127 Å². The normalized spacial score (nSPS) is 19.0. The van der Waals surface area contributed by atoms with E-state index in [0.717, 1.165) is 49.2 Å². The lowest BCUT2D eigenvalue weighted by molar-refractivity contribution is 0.332. The number of rotatable bonds is 5. The molecule has 0 saturated carbocycles. The largest absolute Gasteiger partial charge is 0.311 e. The van der Waals surface area contributed by atoms with Gasteiger partial charge in [-0.3, -0.25) is 0 Å². The lowest BCUT2D eigenvalue weighted by atomic mass is 9.32. The van der Waals surface area contributed by atoms with Crippen molar-refractivity contribution in [3.63, 3.8) is 0 Å². The van der Waals surface area contributed by atoms with Crippen molar-refractivity contribution in [1.29, 1.82) is 0 Å². The van der Waals surface area contributed by atoms with Crippen LogP contribution in [0.2, 0.25) is 0 Å². The molecule has 0 radical (unpaired) electrons. The lowest BCUT2D eigenvalue weighted by Gasteiger charge is -2.49. The van der Waals surface area contributed by atoms with Gasteiger partial charge in [0.25, 0.3) is 6.71 Å². The van der Waals surface area contributed by atoms with Gasteiger partial charge >= 0.3 is 0 Å². The molecule has 0 spiro atoms. The lowest BCUT2D eigenvalue weighted by Crippen LogP contribution is -2.62. The molecule has 0 amide bonds. The van der Waals surface area contributed by atoms with Gasteiger partial charge in [0, 0.05) is 55.3 Å². The zero-order chi connectivity index (χ0) is 63.5. The zero-order valence-corrected chi connectivity index (χ0v) is 58.7. The minimum Gasteiger partial charge on any atom is -0.311 e. The predicted molar refractivity (Wildman–Crippen MR) is 390 cm³/mol. The first-order valence-electron chi connectivity index (χ1n) is 33.7. The molecule has 0 saturated heterocycles. The summed E-state index contributed by atoms with van der Waals surface area (Å²) in [4.78, 5) is 8.14. The Morgan fingerprint density at radius 2 is 0.775 bits per heavy atom. The van der Waals surface area contributed by atoms with Gasteiger partial charge in [-0.15, -0.1) is 11.3 Å². The molecule has 89 heavy (non-hydrogen) atoms. The van der Waals surface area contributed by atoms with Gasteiger partial charge in [0.2, 0.25) is 0 Å². The van der Waals surface area contributed by atoms with Crippen LogP contribution in [-0.4, -0.2) is 6.71 Å². The van der Waals surface area contributed by atoms with E-state index in [1.54, 1.807) is 0 Å². The van der Waals surface area contributed by atoms with Crippen molar-refractivity contribution in [2.75, 3.05) is 14.7 Å². The smallest absolute Gasteiger partial charge is 0.252 e. The molecule has 3 nitrogen and oxygen atoms in total. The zero-order valence-electron chi connectivity index (χ0n) is 57.8. The number of nitrogens with zero attached hydrogens (tertiary/aromatic N) is 3. The third-order valence-corrected chi connectivity index (χ3v) is 24.1. The van der Waals surface area contributed by atoms with Gasteiger partial charge in [-0.05, 0) is 227 Å². The second-order valence-corrected chi connectivity index (χ2v) is 36.1. The van der Waals surface area contributed by atoms with E-state index in [9.17, 15) is 0 Å². The summed E-state index contributed by atoms with van der Waals surface area (Å²) >= 11 is 1.98. The van der Waals surface area contributed by atoms with Crippen molar-refractivity contribution in [2.45, 2.75) is 233 Å². The van der Waals surface area contributed by atoms with Crippen LogP contribution < -0.4 is 31.1 Å². The number of hydrogen-bond donors (Lipinski definition) is 0. The van der Waals surface area contributed by atoms with Crippen LogP contribution in [0.4, 0.5) is 51.2 Å². The van der Waals surface area contributed by atoms with Crippen molar-refractivity contribution in [3.8, 4) is 0 Å². The molecule has 5 aliphatic rings. The van der Waals surface area contributed by atoms with Gasteiger partial charge in [-0.25, -0.2) is 0 Å². The second kappa shape index (κ2) is 19.5. The van der Waals surface area contributed by atoms with Crippen molar-refractivity contribution >= 4 is 106 Å². The molecule has 3 heterocycles. The van der Waals surface area contributed by atoms with E-state index >= 15 is 0 Å². The van der Waals surface area contributed by atoms with Gasteiger partial charge < -0.3 is 14.7 Å². The molecule has 5 heteroatoms. The minimum absolute atomic E-state index is 0.000239. The Hall–Kier alpha value is -6.56. The van der Waals surface area contributed by atoms with Crippen LogP contribution in [0.15, 0.2) is 140 Å². The number of anilines is 9. The van der Waals surface area contributed by atoms with Gasteiger partial charge in [0.15, 0.2) is 0 Å². The van der Waals surface area contributed by atoms with E-state index in [2.05, 4.69) is 300 Å². The highest BCUT2D eigenvalue weighted by molar-refractivity contribution is 7.26. The molecular formula is C84H98BN3S. The molecule has 9 aromatic rings. The van der Waals surface area contributed by atoms with Gasteiger partial charge in [-0.1, -0.05) is 212 Å². The van der Waals surface area contributed by atoms with Crippen molar-refractivity contribution in [1.82, 2.24) is 0 Å². The maximum Gasteiger partial charge on any atom is 0.252 e. The Balaban J connectivity index is 1.17. The van der Waals surface area contributed by atoms with Crippen LogP contribution in [0.1, 0.15) is 234 Å². The number of thiophene rings is 1. The number of hydrogen-bond acceptors (Lipinski definition) is 4. The highest BCUT2D eigenvalue weighted by Gasteiger charge is 2.50. The average Bonchev–Trinajstić information content (AvgIpc) is 0.825. The highest BCUT2D eigenvalue weighted by Crippen LogP contribution is 2.57. The second-order valence-electron chi connectivity index (χ2n) is 35.1. The van der Waals surface area contributed by atoms with Crippen LogP contribution in [0.3, 0.4) is 0 Å². The van der Waals surface area contributed by atoms with E-state index in [0.29, 0.717) is 0 Å². The summed E-state index contributed by atoms with van der Waals surface area (Å²) in [6.45, 7) is 51.1. The molecule has 458 valence electrons. The summed E-state index contributed by atoms with van der Waals surface area (Å²) in [6, 6.07) is 57.4. The van der Waals surface area contributed by atoms with Crippen LogP contribution in [0, 0.1) is 0 Å². The summed E-state index contributed by atoms with van der Waals surface area (Å²) in [5.41, 5.74) is 28.3. The fraction of sp³-hybridized carbons (Fsp3) is 0.429. The number of fused-ring (bicyclic) bond motifs is 10. The van der Waals surface area contributed by atoms with Gasteiger partial charge in [-0.2, -0.15) is 0 Å². The average molecular weight is 1190 g/mol. The summed E-state index contributed by atoms with van der Waals surface area (Å²) in [6.07, 6.45) is 6.92. The quantitative estimate of drug-likeness (QED) is 0.159. The first-order valence-corrected chi connectivity index (χ1v) is 34.6. The molecule has 0 fully saturated rings. The topological polar surface area (TPSA) is 9.72 Å². The van der Waals surface area contributed by atoms with Crippen LogP contribution in [0.5, 0.6) is 0 Å². The maximum absolute atomic E-state index is 2.78. The third kappa shape index (κ3) is 9.51. The van der Waals surface area contributed by atoms with Gasteiger partial charge in [0.05, 0.1) is 16.1 Å². The Bertz CT molecular complexity index is 4330. The van der Waals surface area contributed by atoms with Crippen molar-refractivity contribution in [2.24, 2.45) is 0 Å². The number of benzene rings is 8. The first kappa shape index (κ1) is 60.0. The molecule has 3 aliphatic carbocycles. The molecule has 14 rings (SSSR count). The van der Waals surface area contributed by atoms with Crippen molar-refractivity contribution in [3.05, 3.63) is 190 Å². The Labute approximate surface area is 539 Å². The van der Waals surface area contributed by atoms with Crippen LogP contribution in [0.25, 0.3) is 20.2 Å². The molecular weight excluding hydrogens is 1090 g/mol. The molecule has 0 N–H and O–H groups in total. The van der Waals surface area contributed by atoms with Crippen LogP contribution in [-0.2, 0) is 48.7 Å². The Morgan fingerprint density at radius 3 is 1.25 bits per heavy atom. The SMILES string of the molecule is CC(C)(C)c1ccc(N(c2ccc(C(C)(C)C)cc2)c2cc3c4c(c2)N(c2cccc5c2sc2cc(C(C)(C)C)ccc25)c2cc5c(cc2B4c2cc4c(cc2N3c2ccc3c(c2)C(C)(C)CCC3(C)C)C(C)(C)CCC4(C)C)C(C)(C)CCC5(C)C)cc1. The molecule has 1 aromatic heterocycles. The predicted octanol–water partition coefficient (Wildman–Crippen LogP) is 22.5. The molecule has 2 aliphatic heterocycles. The monoisotopic (exact) mass is 1190 g/mol. The van der Waals surface area contributed by atoms with E-state index in [4.69, 9.17) is 0 Å². The Morgan fingerprint density at radius 1 is 0.360 bits per heavy atom. The van der Waals surface area contributed by atoms with Crippen molar-refractivity contribution < 1.29 is 0 Å². The van der Waals surface area contributed by atoms with E-state index in [1.807, 2.05) is 11.3 Å². The fourth-order valence-corrected chi connectivity index (χ4v) is 17.8. The van der Waals surface area contributed by atoms with Gasteiger partial charge in [0.1, 0.15) is 0 Å². The molecule has 0 unspecified atom stereocenters. The first-order chi connectivity index (χ1) is 41.5. The summed E-state index contributed by atoms with van der Waals surface area (Å²) < 4.78 is 2.67. The summed E-state index contributed by atoms with van der Waals surface area (Å²) in [7, 11) is 0. The molecule has 0 atom stereocenters. The maximum atomic E-state index is 2.78. The minimum atomic E-state index is -0.0571. The molecule has 0 bridgehead atoms. The van der Waals surface area contributed by atoms with E-state index < -0.39 is 0 Å². The highest BCUT2D eigenvalue weighted by atomic mass is 32.1. The third-order valence-electron chi connectivity index (χ3n) is 22.9. The fourth-order valence-electron chi connectivity index (χ4n) is 16.6. The van der Waals surface area contributed by atoms with Crippen LogP contribution >= 0.6 is 11.3 Å². The van der Waals surface area contributed by atoms with E-state index in [-0.39, 0.29) is 55.4 Å². The molecule has 8 aromatic carbocycles.